The van der Waals surface area contributed by atoms with E-state index in [0.717, 1.165) is 24.8 Å². The molecule has 1 fully saturated rings. The van der Waals surface area contributed by atoms with Crippen molar-refractivity contribution in [1.29, 1.82) is 0 Å². The predicted octanol–water partition coefficient (Wildman–Crippen LogP) is 4.18. The Morgan fingerprint density at radius 1 is 1.35 bits per heavy atom. The predicted molar refractivity (Wildman–Crippen MR) is 68.3 cm³/mol. The molecule has 0 spiro atoms. The van der Waals surface area contributed by atoms with Gasteiger partial charge in [-0.2, -0.15) is 0 Å². The molecule has 17 heavy (non-hydrogen) atoms. The second-order valence-corrected chi connectivity index (χ2v) is 5.22. The zero-order valence-electron chi connectivity index (χ0n) is 10.1. The smallest absolute Gasteiger partial charge is 0.168 e. The fraction of sp³-hybridized carbons (Fsp3) is 0.571. The Bertz CT molecular complexity index is 386. The summed E-state index contributed by atoms with van der Waals surface area (Å²) in [5.74, 6) is 0.709. The molecular weight excluding hydrogens is 239 g/mol. The number of hydrogen-bond acceptors (Lipinski definition) is 1. The van der Waals surface area contributed by atoms with Gasteiger partial charge in [-0.25, -0.2) is 4.39 Å². The quantitative estimate of drug-likeness (QED) is 0.735. The third-order valence-electron chi connectivity index (χ3n) is 3.78. The second kappa shape index (κ2) is 5.26. The van der Waals surface area contributed by atoms with Crippen LogP contribution < -0.4 is 4.74 Å². The monoisotopic (exact) mass is 256 g/mol. The van der Waals surface area contributed by atoms with E-state index >= 15 is 0 Å². The van der Waals surface area contributed by atoms with Crippen LogP contribution in [0.25, 0.3) is 0 Å². The van der Waals surface area contributed by atoms with Gasteiger partial charge in [-0.05, 0) is 36.3 Å². The Labute approximate surface area is 107 Å². The third kappa shape index (κ3) is 2.57. The van der Waals surface area contributed by atoms with Gasteiger partial charge in [-0.3, -0.25) is 0 Å². The van der Waals surface area contributed by atoms with Crippen LogP contribution in [0.1, 0.15) is 31.2 Å². The van der Waals surface area contributed by atoms with Crippen molar-refractivity contribution >= 4 is 11.6 Å². The molecule has 3 heteroatoms. The normalized spacial score (nSPS) is 18.3. The van der Waals surface area contributed by atoms with Gasteiger partial charge in [0.25, 0.3) is 0 Å². The Kier molecular flexibility index (Phi) is 3.93. The van der Waals surface area contributed by atoms with Crippen LogP contribution in [0.4, 0.5) is 4.39 Å². The maximum absolute atomic E-state index is 14.1. The van der Waals surface area contributed by atoms with Crippen molar-refractivity contribution < 1.29 is 9.13 Å². The van der Waals surface area contributed by atoms with Crippen LogP contribution in [0, 0.1) is 11.2 Å². The van der Waals surface area contributed by atoms with Gasteiger partial charge in [-0.1, -0.05) is 25.0 Å². The maximum atomic E-state index is 14.1. The lowest BCUT2D eigenvalue weighted by atomic mass is 9.82. The molecule has 1 nitrogen and oxygen atoms in total. The van der Waals surface area contributed by atoms with Gasteiger partial charge < -0.3 is 4.74 Å². The topological polar surface area (TPSA) is 9.23 Å². The van der Waals surface area contributed by atoms with Gasteiger partial charge in [0, 0.05) is 5.88 Å². The van der Waals surface area contributed by atoms with Crippen LogP contribution in [0.3, 0.4) is 0 Å². The van der Waals surface area contributed by atoms with E-state index in [1.165, 1.54) is 20.0 Å². The number of methoxy groups -OCH3 is 1. The molecule has 0 heterocycles. The van der Waals surface area contributed by atoms with Gasteiger partial charge in [0.05, 0.1) is 7.11 Å². The zero-order chi connectivity index (χ0) is 12.3. The van der Waals surface area contributed by atoms with E-state index in [-0.39, 0.29) is 11.2 Å². The van der Waals surface area contributed by atoms with Crippen molar-refractivity contribution in [3.05, 3.63) is 29.6 Å². The van der Waals surface area contributed by atoms with Gasteiger partial charge in [0.15, 0.2) is 11.6 Å². The van der Waals surface area contributed by atoms with Crippen LogP contribution in [-0.4, -0.2) is 13.0 Å². The molecule has 1 saturated carbocycles. The molecule has 0 aliphatic heterocycles. The largest absolute Gasteiger partial charge is 0.494 e. The lowest BCUT2D eigenvalue weighted by molar-refractivity contribution is 0.330. The van der Waals surface area contributed by atoms with Crippen LogP contribution in [-0.2, 0) is 6.42 Å². The fourth-order valence-corrected chi connectivity index (χ4v) is 3.10. The van der Waals surface area contributed by atoms with Crippen LogP contribution in [0.15, 0.2) is 18.2 Å². The molecule has 94 valence electrons. The lowest BCUT2D eigenvalue weighted by Gasteiger charge is -2.26. The SMILES string of the molecule is COc1cccc(CC2(CCl)CCCC2)c1F. The van der Waals surface area contributed by atoms with E-state index in [1.807, 2.05) is 12.1 Å². The summed E-state index contributed by atoms with van der Waals surface area (Å²) in [5, 5.41) is 0. The van der Waals surface area contributed by atoms with Gasteiger partial charge in [0.2, 0.25) is 0 Å². The van der Waals surface area contributed by atoms with E-state index in [4.69, 9.17) is 16.3 Å². The molecule has 1 aliphatic rings. The molecular formula is C14H18ClFO. The molecule has 1 aromatic rings. The van der Waals surface area contributed by atoms with E-state index in [1.54, 1.807) is 6.07 Å². The molecule has 0 unspecified atom stereocenters. The summed E-state index contributed by atoms with van der Waals surface area (Å²) in [6.45, 7) is 0. The Balaban J connectivity index is 2.23. The van der Waals surface area contributed by atoms with Crippen molar-refractivity contribution in [2.75, 3.05) is 13.0 Å². The molecule has 0 aromatic heterocycles. The summed E-state index contributed by atoms with van der Waals surface area (Å²) in [6, 6.07) is 5.33. The molecule has 0 saturated heterocycles. The zero-order valence-corrected chi connectivity index (χ0v) is 10.9. The van der Waals surface area contributed by atoms with Crippen molar-refractivity contribution in [3.8, 4) is 5.75 Å². The molecule has 0 atom stereocenters. The molecule has 2 rings (SSSR count). The highest BCUT2D eigenvalue weighted by atomic mass is 35.5. The minimum absolute atomic E-state index is 0.0920. The molecule has 0 radical (unpaired) electrons. The molecule has 0 N–H and O–H groups in total. The average Bonchev–Trinajstić information content (AvgIpc) is 2.81. The number of alkyl halides is 1. The number of halogens is 2. The van der Waals surface area contributed by atoms with E-state index in [9.17, 15) is 4.39 Å². The summed E-state index contributed by atoms with van der Waals surface area (Å²) in [5.41, 5.74) is 0.821. The van der Waals surface area contributed by atoms with Crippen molar-refractivity contribution in [1.82, 2.24) is 0 Å². The molecule has 0 bridgehead atoms. The average molecular weight is 257 g/mol. The van der Waals surface area contributed by atoms with Crippen molar-refractivity contribution in [2.24, 2.45) is 5.41 Å². The van der Waals surface area contributed by atoms with E-state index in [0.29, 0.717) is 11.6 Å². The number of hydrogen-bond donors (Lipinski definition) is 0. The summed E-state index contributed by atoms with van der Waals surface area (Å²) in [4.78, 5) is 0. The van der Waals surface area contributed by atoms with E-state index < -0.39 is 0 Å². The summed E-state index contributed by atoms with van der Waals surface area (Å²) in [7, 11) is 1.50. The first-order valence-electron chi connectivity index (χ1n) is 6.08. The molecule has 1 aliphatic carbocycles. The molecule has 1 aromatic carbocycles. The number of benzene rings is 1. The van der Waals surface area contributed by atoms with Gasteiger partial charge >= 0.3 is 0 Å². The number of ether oxygens (including phenoxy) is 1. The number of rotatable bonds is 4. The first-order chi connectivity index (χ1) is 8.21. The van der Waals surface area contributed by atoms with Crippen LogP contribution >= 0.6 is 11.6 Å². The summed E-state index contributed by atoms with van der Waals surface area (Å²) in [6.07, 6.45) is 5.34. The fourth-order valence-electron chi connectivity index (χ4n) is 2.74. The lowest BCUT2D eigenvalue weighted by Crippen LogP contribution is -2.22. The molecule has 0 amide bonds. The highest BCUT2D eigenvalue weighted by Gasteiger charge is 2.34. The second-order valence-electron chi connectivity index (χ2n) is 4.95. The van der Waals surface area contributed by atoms with Crippen molar-refractivity contribution in [3.63, 3.8) is 0 Å². The highest BCUT2D eigenvalue weighted by molar-refractivity contribution is 6.18. The summed E-state index contributed by atoms with van der Waals surface area (Å²) >= 11 is 6.09. The van der Waals surface area contributed by atoms with Gasteiger partial charge in [0.1, 0.15) is 0 Å². The van der Waals surface area contributed by atoms with Crippen molar-refractivity contribution in [2.45, 2.75) is 32.1 Å². The third-order valence-corrected chi connectivity index (χ3v) is 4.34. The Hall–Kier alpha value is -0.760. The first-order valence-corrected chi connectivity index (χ1v) is 6.61. The first kappa shape index (κ1) is 12.7. The van der Waals surface area contributed by atoms with Crippen LogP contribution in [0.5, 0.6) is 5.75 Å². The minimum atomic E-state index is -0.230. The van der Waals surface area contributed by atoms with Crippen LogP contribution in [0.2, 0.25) is 0 Å². The standard InChI is InChI=1S/C14H18ClFO/c1-17-12-6-4-5-11(13(12)16)9-14(10-15)7-2-3-8-14/h4-6H,2-3,7-10H2,1H3. The minimum Gasteiger partial charge on any atom is -0.494 e. The van der Waals surface area contributed by atoms with E-state index in [2.05, 4.69) is 0 Å². The Morgan fingerprint density at radius 3 is 2.65 bits per heavy atom. The summed E-state index contributed by atoms with van der Waals surface area (Å²) < 4.78 is 19.1. The maximum Gasteiger partial charge on any atom is 0.168 e. The Morgan fingerprint density at radius 2 is 2.06 bits per heavy atom. The van der Waals surface area contributed by atoms with Gasteiger partial charge in [-0.15, -0.1) is 11.6 Å². The highest BCUT2D eigenvalue weighted by Crippen LogP contribution is 2.42.